The molecule has 0 fully saturated rings. The van der Waals surface area contributed by atoms with Crippen molar-refractivity contribution in [2.24, 2.45) is 0 Å². The predicted octanol–water partition coefficient (Wildman–Crippen LogP) is 2.86. The van der Waals surface area contributed by atoms with E-state index in [1.165, 1.54) is 16.7 Å². The number of nitrogens with zero attached hydrogens (tertiary/aromatic N) is 2. The smallest absolute Gasteiger partial charge is 0.125 e. The number of fused-ring (bicyclic) bond motifs is 1. The van der Waals surface area contributed by atoms with E-state index in [1.807, 2.05) is 13.1 Å². The van der Waals surface area contributed by atoms with Gasteiger partial charge in [0.15, 0.2) is 0 Å². The molecule has 1 heterocycles. The molecular weight excluding hydrogens is 172 g/mol. The van der Waals surface area contributed by atoms with Crippen molar-refractivity contribution in [2.75, 3.05) is 0 Å². The van der Waals surface area contributed by atoms with Crippen LogP contribution in [0.3, 0.4) is 0 Å². The Morgan fingerprint density at radius 1 is 1.00 bits per heavy atom. The summed E-state index contributed by atoms with van der Waals surface area (Å²) < 4.78 is 0. The first-order valence-electron chi connectivity index (χ1n) is 4.80. The lowest BCUT2D eigenvalue weighted by molar-refractivity contribution is 1.08. The molecule has 0 aliphatic carbocycles. The lowest BCUT2D eigenvalue weighted by Crippen LogP contribution is -1.94. The van der Waals surface area contributed by atoms with Gasteiger partial charge in [-0.3, -0.25) is 0 Å². The van der Waals surface area contributed by atoms with Gasteiger partial charge in [-0.25, -0.2) is 9.97 Å². The summed E-state index contributed by atoms with van der Waals surface area (Å²) >= 11 is 0. The van der Waals surface area contributed by atoms with E-state index in [1.54, 1.807) is 0 Å². The van der Waals surface area contributed by atoms with Crippen LogP contribution in [-0.2, 0) is 0 Å². The first-order valence-corrected chi connectivity index (χ1v) is 4.80. The maximum absolute atomic E-state index is 4.47. The van der Waals surface area contributed by atoms with E-state index in [9.17, 15) is 0 Å². The molecule has 0 atom stereocenters. The monoisotopic (exact) mass is 186 g/mol. The first kappa shape index (κ1) is 9.13. The molecule has 0 saturated heterocycles. The van der Waals surface area contributed by atoms with Gasteiger partial charge in [0.1, 0.15) is 5.82 Å². The predicted molar refractivity (Wildman–Crippen MR) is 58.5 cm³/mol. The second-order valence-corrected chi connectivity index (χ2v) is 3.80. The van der Waals surface area contributed by atoms with Gasteiger partial charge in [0.05, 0.1) is 5.52 Å². The van der Waals surface area contributed by atoms with Gasteiger partial charge in [-0.15, -0.1) is 0 Å². The molecule has 0 aliphatic rings. The molecule has 1 aromatic carbocycles. The van der Waals surface area contributed by atoms with Crippen LogP contribution < -0.4 is 0 Å². The molecule has 2 nitrogen and oxygen atoms in total. The summed E-state index contributed by atoms with van der Waals surface area (Å²) in [5.41, 5.74) is 4.99. The van der Waals surface area contributed by atoms with Crippen molar-refractivity contribution in [3.05, 3.63) is 34.8 Å². The maximum atomic E-state index is 4.47. The molecular formula is C12H14N2. The summed E-state index contributed by atoms with van der Waals surface area (Å²) in [6.45, 7) is 8.31. The summed E-state index contributed by atoms with van der Waals surface area (Å²) in [5.74, 6) is 0.837. The van der Waals surface area contributed by atoms with Crippen molar-refractivity contribution in [1.29, 1.82) is 0 Å². The van der Waals surface area contributed by atoms with Crippen LogP contribution in [0.5, 0.6) is 0 Å². The van der Waals surface area contributed by atoms with E-state index in [0.29, 0.717) is 0 Å². The van der Waals surface area contributed by atoms with Crippen LogP contribution in [0.4, 0.5) is 0 Å². The first-order chi connectivity index (χ1) is 6.59. The summed E-state index contributed by atoms with van der Waals surface area (Å²) in [6, 6.07) is 2.15. The lowest BCUT2D eigenvalue weighted by Gasteiger charge is -2.08. The molecule has 0 aliphatic heterocycles. The minimum absolute atomic E-state index is 0.837. The normalized spacial score (nSPS) is 10.9. The highest BCUT2D eigenvalue weighted by atomic mass is 14.9. The second-order valence-electron chi connectivity index (χ2n) is 3.80. The molecule has 14 heavy (non-hydrogen) atoms. The average Bonchev–Trinajstić information content (AvgIpc) is 2.16. The standard InChI is InChI=1S/C12H14N2/c1-7-5-11-6-13-10(4)14-12(11)9(3)8(7)2/h5-6H,1-4H3. The third-order valence-electron chi connectivity index (χ3n) is 2.82. The Balaban J connectivity index is 2.92. The molecule has 1 aromatic heterocycles. The Hall–Kier alpha value is -1.44. The van der Waals surface area contributed by atoms with Crippen molar-refractivity contribution >= 4 is 10.9 Å². The zero-order valence-electron chi connectivity index (χ0n) is 9.05. The van der Waals surface area contributed by atoms with Gasteiger partial charge in [0.25, 0.3) is 0 Å². The SMILES string of the molecule is Cc1ncc2cc(C)c(C)c(C)c2n1. The van der Waals surface area contributed by atoms with Gasteiger partial charge >= 0.3 is 0 Å². The molecule has 0 bridgehead atoms. The number of rotatable bonds is 0. The molecule has 2 aromatic rings. The van der Waals surface area contributed by atoms with Gasteiger partial charge in [0, 0.05) is 11.6 Å². The molecule has 0 spiro atoms. The summed E-state index contributed by atoms with van der Waals surface area (Å²) in [6.07, 6.45) is 1.90. The maximum Gasteiger partial charge on any atom is 0.125 e. The van der Waals surface area contributed by atoms with Crippen LogP contribution >= 0.6 is 0 Å². The van der Waals surface area contributed by atoms with E-state index in [2.05, 4.69) is 36.8 Å². The van der Waals surface area contributed by atoms with Crippen molar-refractivity contribution in [1.82, 2.24) is 9.97 Å². The van der Waals surface area contributed by atoms with Crippen LogP contribution in [0.1, 0.15) is 22.5 Å². The molecule has 72 valence electrons. The highest BCUT2D eigenvalue weighted by Crippen LogP contribution is 2.22. The molecule has 2 rings (SSSR count). The van der Waals surface area contributed by atoms with E-state index < -0.39 is 0 Å². The number of benzene rings is 1. The van der Waals surface area contributed by atoms with Gasteiger partial charge in [-0.2, -0.15) is 0 Å². The van der Waals surface area contributed by atoms with Crippen LogP contribution in [0.25, 0.3) is 10.9 Å². The highest BCUT2D eigenvalue weighted by molar-refractivity contribution is 5.83. The summed E-state index contributed by atoms with van der Waals surface area (Å²) in [5, 5.41) is 1.14. The second kappa shape index (κ2) is 3.05. The van der Waals surface area contributed by atoms with Crippen molar-refractivity contribution in [3.63, 3.8) is 0 Å². The van der Waals surface area contributed by atoms with Crippen LogP contribution in [0.2, 0.25) is 0 Å². The summed E-state index contributed by atoms with van der Waals surface area (Å²) in [4.78, 5) is 8.67. The molecule has 0 unspecified atom stereocenters. The van der Waals surface area contributed by atoms with Crippen LogP contribution in [0, 0.1) is 27.7 Å². The van der Waals surface area contributed by atoms with Crippen molar-refractivity contribution in [2.45, 2.75) is 27.7 Å². The third kappa shape index (κ3) is 1.27. The Morgan fingerprint density at radius 2 is 1.71 bits per heavy atom. The average molecular weight is 186 g/mol. The quantitative estimate of drug-likeness (QED) is 0.632. The van der Waals surface area contributed by atoms with Crippen LogP contribution in [0.15, 0.2) is 12.3 Å². The molecule has 0 N–H and O–H groups in total. The van der Waals surface area contributed by atoms with Crippen molar-refractivity contribution < 1.29 is 0 Å². The fourth-order valence-corrected chi connectivity index (χ4v) is 1.70. The Kier molecular flexibility index (Phi) is 1.99. The van der Waals surface area contributed by atoms with Crippen molar-refractivity contribution in [3.8, 4) is 0 Å². The third-order valence-corrected chi connectivity index (χ3v) is 2.82. The van der Waals surface area contributed by atoms with Gasteiger partial charge in [0.2, 0.25) is 0 Å². The van der Waals surface area contributed by atoms with E-state index >= 15 is 0 Å². The number of hydrogen-bond acceptors (Lipinski definition) is 2. The van der Waals surface area contributed by atoms with E-state index in [0.717, 1.165) is 16.7 Å². The van der Waals surface area contributed by atoms with Gasteiger partial charge in [-0.1, -0.05) is 0 Å². The number of hydrogen-bond donors (Lipinski definition) is 0. The Morgan fingerprint density at radius 3 is 2.43 bits per heavy atom. The molecule has 2 heteroatoms. The molecule has 0 radical (unpaired) electrons. The Labute approximate surface area is 84.0 Å². The zero-order valence-corrected chi connectivity index (χ0v) is 9.05. The fraction of sp³-hybridized carbons (Fsp3) is 0.333. The van der Waals surface area contributed by atoms with Crippen LogP contribution in [-0.4, -0.2) is 9.97 Å². The summed E-state index contributed by atoms with van der Waals surface area (Å²) in [7, 11) is 0. The number of aryl methyl sites for hydroxylation is 3. The number of aromatic nitrogens is 2. The minimum atomic E-state index is 0.837. The topological polar surface area (TPSA) is 25.8 Å². The zero-order chi connectivity index (χ0) is 10.3. The Bertz CT molecular complexity index is 501. The fourth-order valence-electron chi connectivity index (χ4n) is 1.70. The highest BCUT2D eigenvalue weighted by Gasteiger charge is 2.05. The van der Waals surface area contributed by atoms with E-state index in [4.69, 9.17) is 0 Å². The largest absolute Gasteiger partial charge is 0.241 e. The molecule has 0 saturated carbocycles. The van der Waals surface area contributed by atoms with Gasteiger partial charge in [-0.05, 0) is 50.5 Å². The van der Waals surface area contributed by atoms with Gasteiger partial charge < -0.3 is 0 Å². The lowest BCUT2D eigenvalue weighted by atomic mass is 10.0. The molecule has 0 amide bonds. The van der Waals surface area contributed by atoms with E-state index in [-0.39, 0.29) is 0 Å². The minimum Gasteiger partial charge on any atom is -0.241 e.